The molecule has 5 bridgehead atoms. The highest BCUT2D eigenvalue weighted by Gasteiger charge is 2.82. The number of aliphatic hydroxyl groups excluding tert-OH is 2. The Bertz CT molecular complexity index is 848. The van der Waals surface area contributed by atoms with Gasteiger partial charge in [-0.05, 0) is 42.5 Å². The van der Waals surface area contributed by atoms with Gasteiger partial charge in [-0.15, -0.1) is 0 Å². The maximum absolute atomic E-state index is 12.0. The zero-order valence-corrected chi connectivity index (χ0v) is 18.6. The number of hydrogen-bond acceptors (Lipinski definition) is 3. The van der Waals surface area contributed by atoms with Crippen LogP contribution in [0.4, 0.5) is 5.69 Å². The van der Waals surface area contributed by atoms with Crippen molar-refractivity contribution in [1.82, 2.24) is 0 Å². The zero-order chi connectivity index (χ0) is 19.6. The molecule has 10 atom stereocenters. The monoisotopic (exact) mass is 447 g/mol. The van der Waals surface area contributed by atoms with Crippen LogP contribution < -0.4 is 4.90 Å². The van der Waals surface area contributed by atoms with E-state index in [1.54, 1.807) is 0 Å². The SMILES string of the molecule is CCC[N+]12[C@H](O)[C@@H](CC)C3C[C@H]1[C@@H]1N(C)c4ccc(Br)cc4C14C[C@H]2C3[C@H]4O. The van der Waals surface area contributed by atoms with Crippen molar-refractivity contribution in [3.63, 3.8) is 0 Å². The van der Waals surface area contributed by atoms with E-state index in [1.165, 1.54) is 17.7 Å². The number of benzene rings is 1. The first-order valence-corrected chi connectivity index (χ1v) is 12.0. The van der Waals surface area contributed by atoms with Crippen LogP contribution in [0.25, 0.3) is 0 Å². The summed E-state index contributed by atoms with van der Waals surface area (Å²) >= 11 is 3.69. The fraction of sp³-hybridized carbons (Fsp3) is 0.739. The van der Waals surface area contributed by atoms with Crippen LogP contribution in [0.5, 0.6) is 0 Å². The summed E-state index contributed by atoms with van der Waals surface area (Å²) in [6.07, 6.45) is 3.75. The summed E-state index contributed by atoms with van der Waals surface area (Å²) in [5.41, 5.74) is 2.47. The highest BCUT2D eigenvalue weighted by molar-refractivity contribution is 9.10. The third kappa shape index (κ3) is 1.66. The quantitative estimate of drug-likeness (QED) is 0.698. The minimum Gasteiger partial charge on any atom is -0.392 e. The number of piperidine rings is 4. The molecular formula is C23H32BrN2O2+. The van der Waals surface area contributed by atoms with Gasteiger partial charge in [-0.1, -0.05) is 29.8 Å². The molecule has 1 spiro atoms. The Morgan fingerprint density at radius 2 is 2.04 bits per heavy atom. The largest absolute Gasteiger partial charge is 0.392 e. The lowest BCUT2D eigenvalue weighted by Gasteiger charge is -2.68. The molecule has 152 valence electrons. The van der Waals surface area contributed by atoms with Crippen molar-refractivity contribution in [3.8, 4) is 0 Å². The number of halogens is 1. The lowest BCUT2D eigenvalue weighted by Crippen LogP contribution is -2.83. The van der Waals surface area contributed by atoms with E-state index in [2.05, 4.69) is 59.9 Å². The smallest absolute Gasteiger partial charge is 0.194 e. The van der Waals surface area contributed by atoms with Crippen molar-refractivity contribution in [2.75, 3.05) is 18.5 Å². The Morgan fingerprint density at radius 3 is 2.75 bits per heavy atom. The predicted molar refractivity (Wildman–Crippen MR) is 113 cm³/mol. The topological polar surface area (TPSA) is 43.7 Å². The molecule has 6 aliphatic rings. The molecule has 1 saturated carbocycles. The third-order valence-corrected chi connectivity index (χ3v) is 10.3. The van der Waals surface area contributed by atoms with Crippen LogP contribution >= 0.6 is 15.9 Å². The number of hydrogen-bond donors (Lipinski definition) is 2. The maximum Gasteiger partial charge on any atom is 0.194 e. The number of likely N-dealkylation sites (N-methyl/N-ethyl adjacent to an activating group) is 1. The first-order valence-electron chi connectivity index (χ1n) is 11.2. The maximum atomic E-state index is 12.0. The van der Waals surface area contributed by atoms with Crippen LogP contribution in [-0.4, -0.2) is 58.7 Å². The van der Waals surface area contributed by atoms with Crippen LogP contribution in [0.3, 0.4) is 0 Å². The Labute approximate surface area is 176 Å². The van der Waals surface area contributed by atoms with Gasteiger partial charge in [-0.2, -0.15) is 0 Å². The molecule has 1 aromatic rings. The molecule has 5 heterocycles. The average molecular weight is 448 g/mol. The van der Waals surface area contributed by atoms with Crippen molar-refractivity contribution < 1.29 is 14.7 Å². The van der Waals surface area contributed by atoms with Crippen molar-refractivity contribution in [2.24, 2.45) is 17.8 Å². The van der Waals surface area contributed by atoms with Gasteiger partial charge in [-0.25, -0.2) is 0 Å². The normalized spacial score (nSPS) is 52.3. The minimum absolute atomic E-state index is 0.166. The number of quaternary nitrogens is 1. The summed E-state index contributed by atoms with van der Waals surface area (Å²) in [5.74, 6) is 1.13. The summed E-state index contributed by atoms with van der Waals surface area (Å²) in [6.45, 7) is 5.54. The van der Waals surface area contributed by atoms with Crippen LogP contribution in [-0.2, 0) is 5.41 Å². The van der Waals surface area contributed by atoms with E-state index in [9.17, 15) is 10.2 Å². The summed E-state index contributed by atoms with van der Waals surface area (Å²) < 4.78 is 1.97. The molecule has 4 nitrogen and oxygen atoms in total. The van der Waals surface area contributed by atoms with Gasteiger partial charge in [0.15, 0.2) is 6.23 Å². The first-order chi connectivity index (χ1) is 13.4. The van der Waals surface area contributed by atoms with Gasteiger partial charge >= 0.3 is 0 Å². The number of fused-ring (bicyclic) bond motifs is 2. The Kier molecular flexibility index (Phi) is 3.60. The molecule has 4 saturated heterocycles. The molecule has 28 heavy (non-hydrogen) atoms. The van der Waals surface area contributed by atoms with E-state index >= 15 is 0 Å². The number of rotatable bonds is 3. The van der Waals surface area contributed by atoms with E-state index in [0.717, 1.165) is 34.8 Å². The molecule has 5 fully saturated rings. The van der Waals surface area contributed by atoms with Crippen LogP contribution in [0, 0.1) is 17.8 Å². The molecule has 0 aromatic heterocycles. The molecule has 7 rings (SSSR count). The summed E-state index contributed by atoms with van der Waals surface area (Å²) in [5, 5.41) is 23.7. The molecule has 1 aliphatic carbocycles. The molecule has 2 N–H and O–H groups in total. The third-order valence-electron chi connectivity index (χ3n) is 9.78. The van der Waals surface area contributed by atoms with Crippen molar-refractivity contribution in [1.29, 1.82) is 0 Å². The second kappa shape index (κ2) is 5.54. The Balaban J connectivity index is 1.62. The number of aliphatic hydroxyl groups is 2. The molecule has 5 heteroatoms. The van der Waals surface area contributed by atoms with E-state index in [0.29, 0.717) is 29.8 Å². The van der Waals surface area contributed by atoms with Gasteiger partial charge in [0, 0.05) is 41.9 Å². The van der Waals surface area contributed by atoms with E-state index in [-0.39, 0.29) is 23.8 Å². The molecule has 5 aliphatic heterocycles. The number of nitrogens with zero attached hydrogens (tertiary/aromatic N) is 2. The van der Waals surface area contributed by atoms with Crippen LogP contribution in [0.1, 0.15) is 45.1 Å². The second-order valence-corrected chi connectivity index (χ2v) is 11.1. The fourth-order valence-corrected chi connectivity index (χ4v) is 9.60. The number of anilines is 1. The zero-order valence-electron chi connectivity index (χ0n) is 17.1. The molecule has 0 amide bonds. The Morgan fingerprint density at radius 1 is 1.25 bits per heavy atom. The predicted octanol–water partition coefficient (Wildman–Crippen LogP) is 3.24. The standard InChI is InChI=1S/C23H32BrN2O2/c1-4-8-26-17-10-14(13(5-2)22(26)28)19-18(26)11-23(21(19)27)15-9-12(24)6-7-16(15)25(3)20(17)23/h6-7,9,13-14,17-22,27-28H,4-5,8,10-11H2,1-3H3/q+1/t13-,14?,17-,18-,19?,20-,21+,22+,23?,26?/m0/s1. The van der Waals surface area contributed by atoms with Gasteiger partial charge in [-0.3, -0.25) is 4.48 Å². The van der Waals surface area contributed by atoms with Crippen molar-refractivity contribution in [3.05, 3.63) is 28.2 Å². The highest BCUT2D eigenvalue weighted by atomic mass is 79.9. The van der Waals surface area contributed by atoms with Crippen molar-refractivity contribution >= 4 is 21.6 Å². The molecule has 1 aromatic carbocycles. The van der Waals surface area contributed by atoms with E-state index in [4.69, 9.17) is 0 Å². The van der Waals surface area contributed by atoms with Gasteiger partial charge in [0.25, 0.3) is 0 Å². The Hall–Kier alpha value is -0.620. The molecule has 4 unspecified atom stereocenters. The second-order valence-electron chi connectivity index (χ2n) is 10.2. The first kappa shape index (κ1) is 18.2. The van der Waals surface area contributed by atoms with Gasteiger partial charge < -0.3 is 15.1 Å². The van der Waals surface area contributed by atoms with E-state index in [1.807, 2.05) is 0 Å². The van der Waals surface area contributed by atoms with E-state index < -0.39 is 0 Å². The van der Waals surface area contributed by atoms with Crippen LogP contribution in [0.2, 0.25) is 0 Å². The molecular weight excluding hydrogens is 416 g/mol. The van der Waals surface area contributed by atoms with Crippen LogP contribution in [0.15, 0.2) is 22.7 Å². The summed E-state index contributed by atoms with van der Waals surface area (Å²) in [7, 11) is 2.23. The van der Waals surface area contributed by atoms with Gasteiger partial charge in [0.1, 0.15) is 6.04 Å². The molecule has 0 radical (unpaired) electrons. The minimum atomic E-state index is -0.297. The fourth-order valence-electron chi connectivity index (χ4n) is 9.24. The summed E-state index contributed by atoms with van der Waals surface area (Å²) in [6, 6.07) is 7.75. The van der Waals surface area contributed by atoms with Gasteiger partial charge in [0.05, 0.1) is 30.1 Å². The lowest BCUT2D eigenvalue weighted by molar-refractivity contribution is -1.04. The average Bonchev–Trinajstić information content (AvgIpc) is 3.05. The highest BCUT2D eigenvalue weighted by Crippen LogP contribution is 2.71. The van der Waals surface area contributed by atoms with Crippen molar-refractivity contribution in [2.45, 2.75) is 75.4 Å². The summed E-state index contributed by atoms with van der Waals surface area (Å²) in [4.78, 5) is 2.47. The lowest BCUT2D eigenvalue weighted by atomic mass is 9.60. The van der Waals surface area contributed by atoms with Gasteiger partial charge in [0.2, 0.25) is 0 Å².